The number of hydrogen-bond acceptors (Lipinski definition) is 2. The van der Waals surface area contributed by atoms with E-state index in [0.29, 0.717) is 5.92 Å². The standard InChI is InChI=1S/C16H24N2.C2H6/c1-12-4-5-15-13(2)11-18(16(15)10-12)14-6-8-17(3)9-7-14;1-2/h4-5,10,13-14H,6-9,11H2,1-3H3;1-2H3. The predicted octanol–water partition coefficient (Wildman–Crippen LogP) is 4.04. The Balaban J connectivity index is 0.000000704. The van der Waals surface area contributed by atoms with E-state index >= 15 is 0 Å². The smallest absolute Gasteiger partial charge is 0.0407 e. The maximum atomic E-state index is 2.68. The van der Waals surface area contributed by atoms with Gasteiger partial charge in [-0.2, -0.15) is 0 Å². The molecule has 0 spiro atoms. The second-order valence-corrected chi connectivity index (χ2v) is 6.15. The van der Waals surface area contributed by atoms with Crippen molar-refractivity contribution in [1.29, 1.82) is 0 Å². The number of hydrogen-bond donors (Lipinski definition) is 0. The minimum absolute atomic E-state index is 0.695. The normalized spacial score (nSPS) is 23.2. The molecule has 1 aromatic carbocycles. The average Bonchev–Trinajstić information content (AvgIpc) is 2.78. The molecular formula is C18H30N2. The summed E-state index contributed by atoms with van der Waals surface area (Å²) < 4.78 is 0. The minimum Gasteiger partial charge on any atom is -0.368 e. The Morgan fingerprint density at radius 1 is 1.10 bits per heavy atom. The van der Waals surface area contributed by atoms with Crippen LogP contribution in [0.3, 0.4) is 0 Å². The Morgan fingerprint density at radius 3 is 2.40 bits per heavy atom. The third kappa shape index (κ3) is 3.01. The lowest BCUT2D eigenvalue weighted by atomic mass is 10.0. The zero-order valence-electron chi connectivity index (χ0n) is 13.8. The van der Waals surface area contributed by atoms with Gasteiger partial charge in [-0.1, -0.05) is 32.9 Å². The number of aryl methyl sites for hydroxylation is 1. The predicted molar refractivity (Wildman–Crippen MR) is 88.8 cm³/mol. The summed E-state index contributed by atoms with van der Waals surface area (Å²) >= 11 is 0. The third-order valence-corrected chi connectivity index (χ3v) is 4.63. The molecule has 2 aliphatic rings. The van der Waals surface area contributed by atoms with E-state index in [2.05, 4.69) is 48.9 Å². The van der Waals surface area contributed by atoms with Gasteiger partial charge in [0.15, 0.2) is 0 Å². The van der Waals surface area contributed by atoms with Gasteiger partial charge in [0.25, 0.3) is 0 Å². The van der Waals surface area contributed by atoms with E-state index in [9.17, 15) is 0 Å². The summed E-state index contributed by atoms with van der Waals surface area (Å²) in [6.07, 6.45) is 2.63. The van der Waals surface area contributed by atoms with Gasteiger partial charge in [0.05, 0.1) is 0 Å². The molecule has 1 unspecified atom stereocenters. The van der Waals surface area contributed by atoms with Crippen LogP contribution in [0, 0.1) is 6.92 Å². The Morgan fingerprint density at radius 2 is 1.75 bits per heavy atom. The van der Waals surface area contributed by atoms with Crippen molar-refractivity contribution < 1.29 is 0 Å². The lowest BCUT2D eigenvalue weighted by molar-refractivity contribution is 0.250. The quantitative estimate of drug-likeness (QED) is 0.762. The summed E-state index contributed by atoms with van der Waals surface area (Å²) in [5, 5.41) is 0. The Hall–Kier alpha value is -1.02. The van der Waals surface area contributed by atoms with Gasteiger partial charge in [0.2, 0.25) is 0 Å². The molecule has 2 nitrogen and oxygen atoms in total. The first-order valence-corrected chi connectivity index (χ1v) is 8.21. The van der Waals surface area contributed by atoms with Gasteiger partial charge in [-0.3, -0.25) is 0 Å². The van der Waals surface area contributed by atoms with Crippen LogP contribution >= 0.6 is 0 Å². The van der Waals surface area contributed by atoms with Crippen molar-refractivity contribution in [3.8, 4) is 0 Å². The SMILES string of the molecule is CC.Cc1ccc2c(c1)N(C1CCN(C)CC1)CC2C. The van der Waals surface area contributed by atoms with Gasteiger partial charge in [-0.05, 0) is 57.1 Å². The van der Waals surface area contributed by atoms with Crippen LogP contribution in [-0.2, 0) is 0 Å². The molecule has 1 atom stereocenters. The first-order chi connectivity index (χ1) is 9.65. The number of fused-ring (bicyclic) bond motifs is 1. The molecule has 0 amide bonds. The highest BCUT2D eigenvalue weighted by Gasteiger charge is 2.31. The minimum atomic E-state index is 0.695. The molecule has 0 aromatic heterocycles. The summed E-state index contributed by atoms with van der Waals surface area (Å²) in [6.45, 7) is 12.3. The third-order valence-electron chi connectivity index (χ3n) is 4.63. The van der Waals surface area contributed by atoms with Crippen molar-refractivity contribution in [2.75, 3.05) is 31.6 Å². The van der Waals surface area contributed by atoms with E-state index in [1.54, 1.807) is 5.56 Å². The molecule has 2 heteroatoms. The maximum Gasteiger partial charge on any atom is 0.0407 e. The maximum absolute atomic E-state index is 2.68. The number of piperidine rings is 1. The molecule has 1 aromatic rings. The van der Waals surface area contributed by atoms with Crippen LogP contribution in [0.2, 0.25) is 0 Å². The number of nitrogens with zero attached hydrogens (tertiary/aromatic N) is 2. The van der Waals surface area contributed by atoms with Gasteiger partial charge in [-0.25, -0.2) is 0 Å². The molecule has 0 radical (unpaired) electrons. The number of rotatable bonds is 1. The highest BCUT2D eigenvalue weighted by molar-refractivity contribution is 5.62. The summed E-state index contributed by atoms with van der Waals surface area (Å²) in [7, 11) is 2.24. The topological polar surface area (TPSA) is 6.48 Å². The number of likely N-dealkylation sites (tertiary alicyclic amines) is 1. The van der Waals surface area contributed by atoms with Crippen LogP contribution in [0.4, 0.5) is 5.69 Å². The molecule has 0 aliphatic carbocycles. The van der Waals surface area contributed by atoms with Gasteiger partial charge >= 0.3 is 0 Å². The number of anilines is 1. The zero-order valence-corrected chi connectivity index (χ0v) is 13.8. The van der Waals surface area contributed by atoms with Crippen molar-refractivity contribution in [3.05, 3.63) is 29.3 Å². The Kier molecular flexibility index (Phi) is 5.09. The molecule has 0 N–H and O–H groups in total. The summed E-state index contributed by atoms with van der Waals surface area (Å²) in [6, 6.07) is 7.74. The molecule has 20 heavy (non-hydrogen) atoms. The molecule has 112 valence electrons. The fourth-order valence-corrected chi connectivity index (χ4v) is 3.46. The second-order valence-electron chi connectivity index (χ2n) is 6.15. The van der Waals surface area contributed by atoms with Gasteiger partial charge < -0.3 is 9.80 Å². The molecule has 0 bridgehead atoms. The fourth-order valence-electron chi connectivity index (χ4n) is 3.46. The van der Waals surface area contributed by atoms with E-state index in [1.165, 1.54) is 43.7 Å². The lowest BCUT2D eigenvalue weighted by Crippen LogP contribution is -2.43. The van der Waals surface area contributed by atoms with E-state index in [1.807, 2.05) is 13.8 Å². The highest BCUT2D eigenvalue weighted by atomic mass is 15.2. The van der Waals surface area contributed by atoms with Crippen LogP contribution in [0.25, 0.3) is 0 Å². The fraction of sp³-hybridized carbons (Fsp3) is 0.667. The zero-order chi connectivity index (χ0) is 14.7. The van der Waals surface area contributed by atoms with Crippen molar-refractivity contribution in [2.45, 2.75) is 52.5 Å². The molecule has 3 rings (SSSR count). The van der Waals surface area contributed by atoms with Crippen molar-refractivity contribution in [2.24, 2.45) is 0 Å². The molecule has 0 saturated carbocycles. The Labute approximate surface area is 124 Å². The van der Waals surface area contributed by atoms with Gasteiger partial charge in [-0.15, -0.1) is 0 Å². The van der Waals surface area contributed by atoms with Crippen LogP contribution in [0.5, 0.6) is 0 Å². The first kappa shape index (κ1) is 15.4. The van der Waals surface area contributed by atoms with Crippen molar-refractivity contribution in [1.82, 2.24) is 4.90 Å². The first-order valence-electron chi connectivity index (χ1n) is 8.21. The molecular weight excluding hydrogens is 244 g/mol. The van der Waals surface area contributed by atoms with E-state index in [4.69, 9.17) is 0 Å². The van der Waals surface area contributed by atoms with Gasteiger partial charge in [0, 0.05) is 24.2 Å². The molecule has 1 fully saturated rings. The van der Waals surface area contributed by atoms with Crippen LogP contribution in [-0.4, -0.2) is 37.6 Å². The lowest BCUT2D eigenvalue weighted by Gasteiger charge is -2.37. The van der Waals surface area contributed by atoms with Crippen LogP contribution < -0.4 is 4.90 Å². The molecule has 2 aliphatic heterocycles. The largest absolute Gasteiger partial charge is 0.368 e. The van der Waals surface area contributed by atoms with E-state index < -0.39 is 0 Å². The Bertz CT molecular complexity index is 433. The van der Waals surface area contributed by atoms with Crippen LogP contribution in [0.1, 0.15) is 50.7 Å². The van der Waals surface area contributed by atoms with Crippen molar-refractivity contribution >= 4 is 5.69 Å². The molecule has 2 heterocycles. The summed E-state index contributed by atoms with van der Waals surface area (Å²) in [5.41, 5.74) is 4.46. The second kappa shape index (κ2) is 6.62. The van der Waals surface area contributed by atoms with Crippen LogP contribution in [0.15, 0.2) is 18.2 Å². The van der Waals surface area contributed by atoms with E-state index in [-0.39, 0.29) is 0 Å². The molecule has 1 saturated heterocycles. The number of benzene rings is 1. The summed E-state index contributed by atoms with van der Waals surface area (Å²) in [5.74, 6) is 0.695. The average molecular weight is 274 g/mol. The monoisotopic (exact) mass is 274 g/mol. The van der Waals surface area contributed by atoms with Crippen molar-refractivity contribution in [3.63, 3.8) is 0 Å². The van der Waals surface area contributed by atoms with E-state index in [0.717, 1.165) is 6.04 Å². The highest BCUT2D eigenvalue weighted by Crippen LogP contribution is 2.39. The summed E-state index contributed by atoms with van der Waals surface area (Å²) in [4.78, 5) is 5.13. The van der Waals surface area contributed by atoms with Gasteiger partial charge in [0.1, 0.15) is 0 Å².